The Labute approximate surface area is 131 Å². The SMILES string of the molecule is CC1CCC(CBr)(NC(=O)c2ccc(Br)cc2)CC1. The van der Waals surface area contributed by atoms with Crippen LogP contribution in [-0.2, 0) is 0 Å². The van der Waals surface area contributed by atoms with Crippen molar-refractivity contribution in [3.8, 4) is 0 Å². The molecule has 0 aromatic heterocycles. The van der Waals surface area contributed by atoms with E-state index in [1.54, 1.807) is 0 Å². The van der Waals surface area contributed by atoms with Crippen LogP contribution in [0.2, 0.25) is 0 Å². The van der Waals surface area contributed by atoms with Gasteiger partial charge in [0.15, 0.2) is 0 Å². The van der Waals surface area contributed by atoms with Crippen LogP contribution >= 0.6 is 31.9 Å². The average molecular weight is 389 g/mol. The quantitative estimate of drug-likeness (QED) is 0.757. The second-order valence-electron chi connectivity index (χ2n) is 5.56. The predicted molar refractivity (Wildman–Crippen MR) is 85.8 cm³/mol. The van der Waals surface area contributed by atoms with Crippen molar-refractivity contribution in [2.45, 2.75) is 38.1 Å². The lowest BCUT2D eigenvalue weighted by atomic mass is 9.78. The van der Waals surface area contributed by atoms with Crippen molar-refractivity contribution >= 4 is 37.8 Å². The molecule has 19 heavy (non-hydrogen) atoms. The van der Waals surface area contributed by atoms with Crippen LogP contribution in [0.3, 0.4) is 0 Å². The van der Waals surface area contributed by atoms with Crippen molar-refractivity contribution in [1.82, 2.24) is 5.32 Å². The zero-order chi connectivity index (χ0) is 13.9. The first kappa shape index (κ1) is 15.0. The van der Waals surface area contributed by atoms with E-state index in [0.717, 1.165) is 34.1 Å². The van der Waals surface area contributed by atoms with Crippen LogP contribution in [-0.4, -0.2) is 16.8 Å². The van der Waals surface area contributed by atoms with Crippen LogP contribution in [0.15, 0.2) is 28.7 Å². The summed E-state index contributed by atoms with van der Waals surface area (Å²) in [5.41, 5.74) is 0.651. The van der Waals surface area contributed by atoms with Crippen LogP contribution in [0.25, 0.3) is 0 Å². The number of hydrogen-bond donors (Lipinski definition) is 1. The van der Waals surface area contributed by atoms with Gasteiger partial charge in [-0.25, -0.2) is 0 Å². The molecule has 0 spiro atoms. The summed E-state index contributed by atoms with van der Waals surface area (Å²) < 4.78 is 0.991. The fourth-order valence-electron chi connectivity index (χ4n) is 2.52. The summed E-state index contributed by atoms with van der Waals surface area (Å²) in [5, 5.41) is 4.07. The van der Waals surface area contributed by atoms with E-state index in [-0.39, 0.29) is 11.4 Å². The molecule has 1 saturated carbocycles. The first-order valence-electron chi connectivity index (χ1n) is 6.69. The molecule has 1 fully saturated rings. The Hall–Kier alpha value is -0.350. The molecule has 0 atom stereocenters. The highest BCUT2D eigenvalue weighted by molar-refractivity contribution is 9.10. The number of carbonyl (C=O) groups is 1. The minimum atomic E-state index is -0.0728. The van der Waals surface area contributed by atoms with E-state index < -0.39 is 0 Å². The zero-order valence-electron chi connectivity index (χ0n) is 11.1. The summed E-state index contributed by atoms with van der Waals surface area (Å²) >= 11 is 6.96. The lowest BCUT2D eigenvalue weighted by Crippen LogP contribution is -2.52. The van der Waals surface area contributed by atoms with Gasteiger partial charge in [-0.3, -0.25) is 4.79 Å². The molecule has 0 unspecified atom stereocenters. The number of rotatable bonds is 3. The highest BCUT2D eigenvalue weighted by atomic mass is 79.9. The number of halogens is 2. The van der Waals surface area contributed by atoms with Gasteiger partial charge >= 0.3 is 0 Å². The van der Waals surface area contributed by atoms with Gasteiger partial charge in [-0.1, -0.05) is 38.8 Å². The maximum Gasteiger partial charge on any atom is 0.251 e. The van der Waals surface area contributed by atoms with E-state index >= 15 is 0 Å². The van der Waals surface area contributed by atoms with Gasteiger partial charge in [0.1, 0.15) is 0 Å². The topological polar surface area (TPSA) is 29.1 Å². The van der Waals surface area contributed by atoms with Gasteiger partial charge in [0, 0.05) is 15.4 Å². The summed E-state index contributed by atoms with van der Waals surface area (Å²) in [7, 11) is 0. The highest BCUT2D eigenvalue weighted by Gasteiger charge is 2.34. The largest absolute Gasteiger partial charge is 0.346 e. The molecular weight excluding hydrogens is 370 g/mol. The molecule has 0 radical (unpaired) electrons. The number of alkyl halides is 1. The minimum Gasteiger partial charge on any atom is -0.346 e. The fourth-order valence-corrected chi connectivity index (χ4v) is 3.49. The zero-order valence-corrected chi connectivity index (χ0v) is 14.3. The van der Waals surface area contributed by atoms with Gasteiger partial charge in [-0.2, -0.15) is 0 Å². The molecule has 1 aliphatic carbocycles. The first-order chi connectivity index (χ1) is 9.04. The molecule has 1 amide bonds. The molecule has 0 bridgehead atoms. The molecule has 0 aliphatic heterocycles. The minimum absolute atomic E-state index is 0.0292. The third kappa shape index (κ3) is 3.82. The van der Waals surface area contributed by atoms with Crippen LogP contribution in [0.1, 0.15) is 43.0 Å². The maximum atomic E-state index is 12.3. The summed E-state index contributed by atoms with van der Waals surface area (Å²) in [6.07, 6.45) is 4.49. The number of hydrogen-bond acceptors (Lipinski definition) is 1. The Morgan fingerprint density at radius 1 is 1.32 bits per heavy atom. The molecule has 1 aromatic rings. The Kier molecular flexibility index (Phi) is 5.07. The van der Waals surface area contributed by atoms with Gasteiger partial charge in [0.05, 0.1) is 5.54 Å². The van der Waals surface area contributed by atoms with Crippen molar-refractivity contribution in [3.05, 3.63) is 34.3 Å². The normalized spacial score (nSPS) is 27.0. The second-order valence-corrected chi connectivity index (χ2v) is 7.03. The van der Waals surface area contributed by atoms with E-state index in [1.807, 2.05) is 24.3 Å². The van der Waals surface area contributed by atoms with Gasteiger partial charge < -0.3 is 5.32 Å². The van der Waals surface area contributed by atoms with Gasteiger partial charge in [-0.05, 0) is 55.9 Å². The average Bonchev–Trinajstić information content (AvgIpc) is 2.42. The summed E-state index contributed by atoms with van der Waals surface area (Å²) in [4.78, 5) is 12.3. The van der Waals surface area contributed by atoms with Gasteiger partial charge in [0.25, 0.3) is 5.91 Å². The molecule has 1 aliphatic rings. The predicted octanol–water partition coefficient (Wildman–Crippen LogP) is 4.52. The number of carbonyl (C=O) groups excluding carboxylic acids is 1. The second kappa shape index (κ2) is 6.40. The number of amides is 1. The Balaban J connectivity index is 2.06. The van der Waals surface area contributed by atoms with Crippen molar-refractivity contribution in [2.75, 3.05) is 5.33 Å². The Morgan fingerprint density at radius 2 is 1.89 bits per heavy atom. The fraction of sp³-hybridized carbons (Fsp3) is 0.533. The van der Waals surface area contributed by atoms with E-state index in [4.69, 9.17) is 0 Å². The molecule has 1 aromatic carbocycles. The van der Waals surface area contributed by atoms with Crippen LogP contribution in [0.4, 0.5) is 0 Å². The van der Waals surface area contributed by atoms with Crippen molar-refractivity contribution in [3.63, 3.8) is 0 Å². The summed E-state index contributed by atoms with van der Waals surface area (Å²) in [6.45, 7) is 2.29. The lowest BCUT2D eigenvalue weighted by Gasteiger charge is -2.39. The van der Waals surface area contributed by atoms with Crippen molar-refractivity contribution in [1.29, 1.82) is 0 Å². The third-order valence-corrected chi connectivity index (χ3v) is 5.57. The van der Waals surface area contributed by atoms with Crippen LogP contribution in [0.5, 0.6) is 0 Å². The number of benzene rings is 1. The van der Waals surface area contributed by atoms with E-state index in [0.29, 0.717) is 0 Å². The molecule has 1 N–H and O–H groups in total. The van der Waals surface area contributed by atoms with E-state index in [9.17, 15) is 4.79 Å². The molecule has 4 heteroatoms. The van der Waals surface area contributed by atoms with Gasteiger partial charge in [-0.15, -0.1) is 0 Å². The molecule has 0 saturated heterocycles. The Morgan fingerprint density at radius 3 is 2.42 bits per heavy atom. The molecule has 0 heterocycles. The Bertz CT molecular complexity index is 436. The van der Waals surface area contributed by atoms with Crippen molar-refractivity contribution < 1.29 is 4.79 Å². The third-order valence-electron chi connectivity index (χ3n) is 3.97. The maximum absolute atomic E-state index is 12.3. The smallest absolute Gasteiger partial charge is 0.251 e. The monoisotopic (exact) mass is 387 g/mol. The molecular formula is C15H19Br2NO. The highest BCUT2D eigenvalue weighted by Crippen LogP contribution is 2.33. The molecule has 2 rings (SSSR count). The lowest BCUT2D eigenvalue weighted by molar-refractivity contribution is 0.0874. The molecule has 104 valence electrons. The van der Waals surface area contributed by atoms with Gasteiger partial charge in [0.2, 0.25) is 0 Å². The van der Waals surface area contributed by atoms with Crippen LogP contribution in [0, 0.1) is 5.92 Å². The van der Waals surface area contributed by atoms with E-state index in [1.165, 1.54) is 12.8 Å². The van der Waals surface area contributed by atoms with Crippen molar-refractivity contribution in [2.24, 2.45) is 5.92 Å². The number of nitrogens with one attached hydrogen (secondary N) is 1. The summed E-state index contributed by atoms with van der Waals surface area (Å²) in [6, 6.07) is 7.51. The standard InChI is InChI=1S/C15H19Br2NO/c1-11-6-8-15(10-16,9-7-11)18-14(19)12-2-4-13(17)5-3-12/h2-5,11H,6-10H2,1H3,(H,18,19). The van der Waals surface area contributed by atoms with Crippen LogP contribution < -0.4 is 5.32 Å². The molecule has 2 nitrogen and oxygen atoms in total. The first-order valence-corrected chi connectivity index (χ1v) is 8.60. The summed E-state index contributed by atoms with van der Waals surface area (Å²) in [5.74, 6) is 0.804. The van der Waals surface area contributed by atoms with E-state index in [2.05, 4.69) is 44.1 Å².